The first kappa shape index (κ1) is 8.24. The van der Waals surface area contributed by atoms with Crippen LogP contribution in [-0.4, -0.2) is 5.71 Å². The molecule has 0 unspecified atom stereocenters. The van der Waals surface area contributed by atoms with E-state index in [-0.39, 0.29) is 0 Å². The second-order valence-electron chi connectivity index (χ2n) is 3.31. The van der Waals surface area contributed by atoms with E-state index in [0.717, 1.165) is 18.5 Å². The first-order valence-corrected chi connectivity index (χ1v) is 4.66. The third-order valence-corrected chi connectivity index (χ3v) is 2.24. The molecule has 0 spiro atoms. The summed E-state index contributed by atoms with van der Waals surface area (Å²) in [4.78, 5) is 4.53. The van der Waals surface area contributed by atoms with Crippen molar-refractivity contribution in [3.8, 4) is 0 Å². The Kier molecular flexibility index (Phi) is 2.26. The number of hydrogen-bond acceptors (Lipinski definition) is 1. The molecule has 0 fully saturated rings. The van der Waals surface area contributed by atoms with Crippen LogP contribution in [0.2, 0.25) is 0 Å². The van der Waals surface area contributed by atoms with Gasteiger partial charge in [0, 0.05) is 11.4 Å². The number of rotatable bonds is 1. The lowest BCUT2D eigenvalue weighted by atomic mass is 10.0. The van der Waals surface area contributed by atoms with Crippen molar-refractivity contribution in [2.24, 2.45) is 4.99 Å². The summed E-state index contributed by atoms with van der Waals surface area (Å²) in [6.45, 7) is 2.06. The normalized spacial score (nSPS) is 16.4. The lowest BCUT2D eigenvalue weighted by Crippen LogP contribution is -2.03. The molecule has 0 radical (unpaired) electrons. The van der Waals surface area contributed by atoms with Crippen LogP contribution in [-0.2, 0) is 0 Å². The molecule has 1 heterocycles. The van der Waals surface area contributed by atoms with Crippen LogP contribution in [0.5, 0.6) is 0 Å². The molecule has 13 heavy (non-hydrogen) atoms. The van der Waals surface area contributed by atoms with Crippen LogP contribution in [0.1, 0.15) is 25.3 Å². The summed E-state index contributed by atoms with van der Waals surface area (Å²) < 4.78 is 0. The quantitative estimate of drug-likeness (QED) is 0.615. The number of aliphatic imine (C=N–C) groups is 1. The molecule has 1 nitrogen and oxygen atoms in total. The van der Waals surface area contributed by atoms with Crippen molar-refractivity contribution in [3.63, 3.8) is 0 Å². The van der Waals surface area contributed by atoms with Crippen LogP contribution in [0.25, 0.3) is 0 Å². The SMILES string of the molecule is CC1=CCCC(c2ccccc2)=N1. The molecule has 0 bridgehead atoms. The Hall–Kier alpha value is -1.37. The third kappa shape index (κ3) is 1.86. The predicted octanol–water partition coefficient (Wildman–Crippen LogP) is 3.17. The van der Waals surface area contributed by atoms with E-state index in [1.807, 2.05) is 6.07 Å². The Labute approximate surface area is 78.8 Å². The molecule has 1 heteroatoms. The summed E-state index contributed by atoms with van der Waals surface area (Å²) in [6.07, 6.45) is 4.38. The van der Waals surface area contributed by atoms with Crippen LogP contribution in [0, 0.1) is 0 Å². The maximum absolute atomic E-state index is 4.53. The molecule has 1 aromatic rings. The predicted molar refractivity (Wildman–Crippen MR) is 56.0 cm³/mol. The van der Waals surface area contributed by atoms with Crippen molar-refractivity contribution >= 4 is 5.71 Å². The fraction of sp³-hybridized carbons (Fsp3) is 0.250. The molecule has 0 atom stereocenters. The summed E-state index contributed by atoms with van der Waals surface area (Å²) in [5.41, 5.74) is 3.63. The van der Waals surface area contributed by atoms with E-state index in [0.29, 0.717) is 0 Å². The molecule has 0 aliphatic carbocycles. The van der Waals surface area contributed by atoms with Gasteiger partial charge in [0.1, 0.15) is 0 Å². The van der Waals surface area contributed by atoms with Gasteiger partial charge in [-0.3, -0.25) is 4.99 Å². The average Bonchev–Trinajstić information content (AvgIpc) is 2.19. The second kappa shape index (κ2) is 3.56. The average molecular weight is 171 g/mol. The summed E-state index contributed by atoms with van der Waals surface area (Å²) in [5, 5.41) is 0. The van der Waals surface area contributed by atoms with E-state index in [9.17, 15) is 0 Å². The lowest BCUT2D eigenvalue weighted by molar-refractivity contribution is 1.02. The van der Waals surface area contributed by atoms with Gasteiger partial charge in [0.15, 0.2) is 0 Å². The number of benzene rings is 1. The van der Waals surface area contributed by atoms with Crippen LogP contribution >= 0.6 is 0 Å². The molecule has 1 aromatic carbocycles. The first-order chi connectivity index (χ1) is 6.36. The number of nitrogens with zero attached hydrogens (tertiary/aromatic N) is 1. The monoisotopic (exact) mass is 171 g/mol. The molecule has 1 aliphatic rings. The topological polar surface area (TPSA) is 12.4 Å². The Morgan fingerprint density at radius 1 is 1.15 bits per heavy atom. The Morgan fingerprint density at radius 3 is 2.62 bits per heavy atom. The zero-order valence-electron chi connectivity index (χ0n) is 7.83. The molecule has 0 N–H and O–H groups in total. The van der Waals surface area contributed by atoms with Gasteiger partial charge in [0.2, 0.25) is 0 Å². The zero-order chi connectivity index (χ0) is 9.10. The minimum Gasteiger partial charge on any atom is -0.258 e. The molecule has 1 aliphatic heterocycles. The molecular weight excluding hydrogens is 158 g/mol. The van der Waals surface area contributed by atoms with Crippen molar-refractivity contribution in [1.82, 2.24) is 0 Å². The van der Waals surface area contributed by atoms with Crippen molar-refractivity contribution in [2.75, 3.05) is 0 Å². The number of allylic oxidation sites excluding steroid dienone is 2. The molecule has 2 rings (SSSR count). The maximum Gasteiger partial charge on any atom is 0.0481 e. The van der Waals surface area contributed by atoms with Crippen LogP contribution in [0.15, 0.2) is 47.1 Å². The fourth-order valence-corrected chi connectivity index (χ4v) is 1.57. The van der Waals surface area contributed by atoms with Crippen LogP contribution in [0.3, 0.4) is 0 Å². The standard InChI is InChI=1S/C12H13N/c1-10-6-5-9-12(13-10)11-7-3-2-4-8-11/h2-4,6-8H,5,9H2,1H3. The highest BCUT2D eigenvalue weighted by atomic mass is 14.8. The van der Waals surface area contributed by atoms with E-state index in [1.165, 1.54) is 11.3 Å². The Bertz CT molecular complexity index is 347. The minimum absolute atomic E-state index is 1.07. The van der Waals surface area contributed by atoms with Gasteiger partial charge >= 0.3 is 0 Å². The summed E-state index contributed by atoms with van der Waals surface area (Å²) >= 11 is 0. The smallest absolute Gasteiger partial charge is 0.0481 e. The van der Waals surface area contributed by atoms with Gasteiger partial charge in [-0.2, -0.15) is 0 Å². The van der Waals surface area contributed by atoms with Gasteiger partial charge in [0.05, 0.1) is 0 Å². The van der Waals surface area contributed by atoms with E-state index in [1.54, 1.807) is 0 Å². The van der Waals surface area contributed by atoms with Crippen molar-refractivity contribution < 1.29 is 0 Å². The van der Waals surface area contributed by atoms with Crippen LogP contribution < -0.4 is 0 Å². The molecule has 0 saturated carbocycles. The van der Waals surface area contributed by atoms with Crippen LogP contribution in [0.4, 0.5) is 0 Å². The summed E-state index contributed by atoms with van der Waals surface area (Å²) in [6, 6.07) is 10.4. The Balaban J connectivity index is 2.32. The van der Waals surface area contributed by atoms with Gasteiger partial charge in [-0.05, 0) is 25.3 Å². The molecule has 0 saturated heterocycles. The fourth-order valence-electron chi connectivity index (χ4n) is 1.57. The maximum atomic E-state index is 4.53. The van der Waals surface area contributed by atoms with Crippen molar-refractivity contribution in [1.29, 1.82) is 0 Å². The first-order valence-electron chi connectivity index (χ1n) is 4.66. The van der Waals surface area contributed by atoms with Crippen molar-refractivity contribution in [2.45, 2.75) is 19.8 Å². The molecule has 0 aromatic heterocycles. The van der Waals surface area contributed by atoms with Gasteiger partial charge in [-0.1, -0.05) is 36.4 Å². The zero-order valence-corrected chi connectivity index (χ0v) is 7.83. The van der Waals surface area contributed by atoms with Gasteiger partial charge in [-0.15, -0.1) is 0 Å². The Morgan fingerprint density at radius 2 is 1.92 bits per heavy atom. The second-order valence-corrected chi connectivity index (χ2v) is 3.31. The van der Waals surface area contributed by atoms with Gasteiger partial charge < -0.3 is 0 Å². The minimum atomic E-state index is 1.07. The highest BCUT2D eigenvalue weighted by molar-refractivity contribution is 6.01. The molecular formula is C12H13N. The molecule has 0 amide bonds. The van der Waals surface area contributed by atoms with E-state index in [4.69, 9.17) is 0 Å². The van der Waals surface area contributed by atoms with Gasteiger partial charge in [-0.25, -0.2) is 0 Å². The summed E-state index contributed by atoms with van der Waals surface area (Å²) in [7, 11) is 0. The largest absolute Gasteiger partial charge is 0.258 e. The van der Waals surface area contributed by atoms with E-state index < -0.39 is 0 Å². The molecule has 66 valence electrons. The highest BCUT2D eigenvalue weighted by Gasteiger charge is 2.05. The third-order valence-electron chi connectivity index (χ3n) is 2.24. The van der Waals surface area contributed by atoms with E-state index in [2.05, 4.69) is 42.3 Å². The van der Waals surface area contributed by atoms with Crippen molar-refractivity contribution in [3.05, 3.63) is 47.7 Å². The summed E-state index contributed by atoms with van der Waals surface area (Å²) in [5.74, 6) is 0. The van der Waals surface area contributed by atoms with Gasteiger partial charge in [0.25, 0.3) is 0 Å². The lowest BCUT2D eigenvalue weighted by Gasteiger charge is -2.10. The number of hydrogen-bond donors (Lipinski definition) is 0. The van der Waals surface area contributed by atoms with E-state index >= 15 is 0 Å². The highest BCUT2D eigenvalue weighted by Crippen LogP contribution is 2.15.